The number of carbonyl (C=O) groups excluding carboxylic acids is 1. The molecule has 0 radical (unpaired) electrons. The Morgan fingerprint density at radius 1 is 1.22 bits per heavy atom. The molecule has 9 heteroatoms. The molecule has 2 aromatic heterocycles. The van der Waals surface area contributed by atoms with Crippen molar-refractivity contribution in [2.75, 3.05) is 5.32 Å². The molecule has 0 fully saturated rings. The maximum Gasteiger partial charge on any atom is 0.322 e. The number of benzene rings is 1. The highest BCUT2D eigenvalue weighted by Gasteiger charge is 2.20. The maximum absolute atomic E-state index is 12.3. The van der Waals surface area contributed by atoms with Gasteiger partial charge in [0.25, 0.3) is 5.91 Å². The zero-order chi connectivity index (χ0) is 19.4. The number of anilines is 1. The minimum absolute atomic E-state index is 0.0667. The van der Waals surface area contributed by atoms with E-state index in [9.17, 15) is 13.2 Å². The summed E-state index contributed by atoms with van der Waals surface area (Å²) in [5.74, 6) is -0.289. The highest BCUT2D eigenvalue weighted by molar-refractivity contribution is 7.92. The van der Waals surface area contributed by atoms with Crippen LogP contribution in [-0.2, 0) is 14.6 Å². The normalized spacial score (nSPS) is 12.0. The van der Waals surface area contributed by atoms with Crippen molar-refractivity contribution in [3.8, 4) is 11.5 Å². The molecule has 140 valence electrons. The fourth-order valence-electron chi connectivity index (χ4n) is 2.16. The average Bonchev–Trinajstić information content (AvgIpc) is 3.32. The summed E-state index contributed by atoms with van der Waals surface area (Å²) in [5.41, 5.74) is 0.457. The molecule has 1 N–H and O–H groups in total. The number of rotatable bonds is 6. The monoisotopic (exact) mass is 403 g/mol. The minimum Gasteiger partial charge on any atom is -0.403 e. The van der Waals surface area contributed by atoms with Gasteiger partial charge in [-0.1, -0.05) is 17.2 Å². The molecule has 0 atom stereocenters. The summed E-state index contributed by atoms with van der Waals surface area (Å²) in [4.78, 5) is 13.0. The molecular formula is C18H17N3O4S2. The van der Waals surface area contributed by atoms with Gasteiger partial charge in [0.15, 0.2) is 9.84 Å². The van der Waals surface area contributed by atoms with Crippen LogP contribution in [0.25, 0.3) is 17.5 Å². The van der Waals surface area contributed by atoms with E-state index in [-0.39, 0.29) is 16.8 Å². The summed E-state index contributed by atoms with van der Waals surface area (Å²) in [7, 11) is -3.42. The van der Waals surface area contributed by atoms with E-state index in [1.165, 1.54) is 29.5 Å². The summed E-state index contributed by atoms with van der Waals surface area (Å²) in [5, 5.41) is 11.5. The highest BCUT2D eigenvalue weighted by atomic mass is 32.2. The third-order valence-corrected chi connectivity index (χ3v) is 6.62. The third-order valence-electron chi connectivity index (χ3n) is 3.63. The van der Waals surface area contributed by atoms with E-state index < -0.39 is 21.0 Å². The number of hydrogen-bond donors (Lipinski definition) is 1. The number of nitrogens with one attached hydrogen (secondary N) is 1. The Bertz CT molecular complexity index is 1070. The standard InChI is InChI=1S/C18H17N3O4S2/c1-12(2)27(23,24)15-7-3-5-13(11-15)17-20-21-18(25-17)19-16(22)9-8-14-6-4-10-26-14/h3-12H,1-2H3,(H,19,21,22). The third kappa shape index (κ3) is 4.50. The molecule has 7 nitrogen and oxygen atoms in total. The molecule has 0 aliphatic heterocycles. The first-order valence-electron chi connectivity index (χ1n) is 8.06. The lowest BCUT2D eigenvalue weighted by atomic mass is 10.2. The van der Waals surface area contributed by atoms with Crippen molar-refractivity contribution in [1.29, 1.82) is 0 Å². The number of sulfone groups is 1. The second kappa shape index (κ2) is 7.85. The fraction of sp³-hybridized carbons (Fsp3) is 0.167. The van der Waals surface area contributed by atoms with Gasteiger partial charge in [-0.15, -0.1) is 16.4 Å². The molecule has 0 aliphatic rings. The van der Waals surface area contributed by atoms with E-state index in [0.717, 1.165) is 4.88 Å². The van der Waals surface area contributed by atoms with E-state index in [0.29, 0.717) is 5.56 Å². The molecule has 1 amide bonds. The molecule has 0 saturated heterocycles. The fourth-order valence-corrected chi connectivity index (χ4v) is 3.88. The summed E-state index contributed by atoms with van der Waals surface area (Å²) in [6.45, 7) is 3.23. The van der Waals surface area contributed by atoms with Gasteiger partial charge in [-0.05, 0) is 49.6 Å². The predicted molar refractivity (Wildman–Crippen MR) is 104 cm³/mol. The molecule has 3 rings (SSSR count). The van der Waals surface area contributed by atoms with Gasteiger partial charge in [-0.3, -0.25) is 10.1 Å². The second-order valence-electron chi connectivity index (χ2n) is 5.87. The number of carbonyl (C=O) groups is 1. The van der Waals surface area contributed by atoms with Crippen molar-refractivity contribution in [3.05, 3.63) is 52.7 Å². The van der Waals surface area contributed by atoms with Gasteiger partial charge in [0.2, 0.25) is 5.89 Å². The van der Waals surface area contributed by atoms with Crippen LogP contribution in [0.2, 0.25) is 0 Å². The number of nitrogens with zero attached hydrogens (tertiary/aromatic N) is 2. The second-order valence-corrected chi connectivity index (χ2v) is 9.36. The average molecular weight is 403 g/mol. The van der Waals surface area contributed by atoms with Crippen LogP contribution in [-0.4, -0.2) is 29.8 Å². The van der Waals surface area contributed by atoms with Crippen LogP contribution >= 0.6 is 11.3 Å². The Balaban J connectivity index is 1.75. The lowest BCUT2D eigenvalue weighted by molar-refractivity contribution is -0.112. The molecular weight excluding hydrogens is 386 g/mol. The van der Waals surface area contributed by atoms with Gasteiger partial charge in [0.05, 0.1) is 10.1 Å². The van der Waals surface area contributed by atoms with E-state index >= 15 is 0 Å². The van der Waals surface area contributed by atoms with Crippen LogP contribution in [0, 0.1) is 0 Å². The summed E-state index contributed by atoms with van der Waals surface area (Å²) in [6, 6.07) is 9.98. The van der Waals surface area contributed by atoms with Gasteiger partial charge < -0.3 is 4.42 Å². The van der Waals surface area contributed by atoms with Crippen molar-refractivity contribution < 1.29 is 17.6 Å². The van der Waals surface area contributed by atoms with Gasteiger partial charge in [0, 0.05) is 16.5 Å². The van der Waals surface area contributed by atoms with Gasteiger partial charge in [-0.25, -0.2) is 8.42 Å². The maximum atomic E-state index is 12.3. The summed E-state index contributed by atoms with van der Waals surface area (Å²) in [6.07, 6.45) is 3.04. The zero-order valence-electron chi connectivity index (χ0n) is 14.6. The minimum atomic E-state index is -3.42. The smallest absolute Gasteiger partial charge is 0.322 e. The Morgan fingerprint density at radius 2 is 2.04 bits per heavy atom. The zero-order valence-corrected chi connectivity index (χ0v) is 16.3. The first-order valence-corrected chi connectivity index (χ1v) is 10.5. The molecule has 2 heterocycles. The number of thiophene rings is 1. The van der Waals surface area contributed by atoms with Crippen LogP contribution in [0.3, 0.4) is 0 Å². The van der Waals surface area contributed by atoms with E-state index in [1.807, 2.05) is 17.5 Å². The molecule has 0 saturated carbocycles. The first kappa shape index (κ1) is 19.0. The van der Waals surface area contributed by atoms with Crippen LogP contribution in [0.15, 0.2) is 57.2 Å². The number of amides is 1. The summed E-state index contributed by atoms with van der Waals surface area (Å²) < 4.78 is 30.0. The Morgan fingerprint density at radius 3 is 2.74 bits per heavy atom. The van der Waals surface area contributed by atoms with Crippen LogP contribution in [0.1, 0.15) is 18.7 Å². The van der Waals surface area contributed by atoms with E-state index in [2.05, 4.69) is 15.5 Å². The van der Waals surface area contributed by atoms with Crippen molar-refractivity contribution in [1.82, 2.24) is 10.2 Å². The Kier molecular flexibility index (Phi) is 5.52. The summed E-state index contributed by atoms with van der Waals surface area (Å²) >= 11 is 1.51. The molecule has 0 unspecified atom stereocenters. The molecule has 0 bridgehead atoms. The first-order chi connectivity index (χ1) is 12.9. The lowest BCUT2D eigenvalue weighted by Crippen LogP contribution is -2.13. The highest BCUT2D eigenvalue weighted by Crippen LogP contribution is 2.24. The van der Waals surface area contributed by atoms with Crippen molar-refractivity contribution in [2.24, 2.45) is 0 Å². The van der Waals surface area contributed by atoms with Gasteiger partial charge >= 0.3 is 6.01 Å². The van der Waals surface area contributed by atoms with Gasteiger partial charge in [0.1, 0.15) is 0 Å². The van der Waals surface area contributed by atoms with Crippen molar-refractivity contribution in [3.63, 3.8) is 0 Å². The molecule has 0 spiro atoms. The van der Waals surface area contributed by atoms with Crippen molar-refractivity contribution >= 4 is 39.2 Å². The quantitative estimate of drug-likeness (QED) is 0.631. The largest absolute Gasteiger partial charge is 0.403 e. The number of aromatic nitrogens is 2. The Labute approximate surface area is 160 Å². The Hall–Kier alpha value is -2.78. The molecule has 1 aromatic carbocycles. The SMILES string of the molecule is CC(C)S(=O)(=O)c1cccc(-c2nnc(NC(=O)C=Cc3cccs3)o2)c1. The number of hydrogen-bond acceptors (Lipinski definition) is 7. The van der Waals surface area contributed by atoms with Crippen molar-refractivity contribution in [2.45, 2.75) is 24.0 Å². The predicted octanol–water partition coefficient (Wildman–Crippen LogP) is 3.63. The van der Waals surface area contributed by atoms with Crippen LogP contribution in [0.5, 0.6) is 0 Å². The molecule has 3 aromatic rings. The molecule has 27 heavy (non-hydrogen) atoms. The lowest BCUT2D eigenvalue weighted by Gasteiger charge is -2.08. The molecule has 0 aliphatic carbocycles. The van der Waals surface area contributed by atoms with Gasteiger partial charge in [-0.2, -0.15) is 0 Å². The van der Waals surface area contributed by atoms with E-state index in [4.69, 9.17) is 4.42 Å². The van der Waals surface area contributed by atoms with E-state index in [1.54, 1.807) is 32.1 Å². The van der Waals surface area contributed by atoms with Crippen LogP contribution < -0.4 is 5.32 Å². The topological polar surface area (TPSA) is 102 Å². The van der Waals surface area contributed by atoms with Crippen LogP contribution in [0.4, 0.5) is 6.01 Å².